The number of rotatable bonds is 5. The SMILES string of the molecule is Cc1ccc(C(=O)[C@H](C)N(C(=O)c2ccc(Cl)cc2Cl)N2C(=O)[C@@H]3[C@H]4C=C[C@@H]([C@@H]5C[C@@H]45)[C@H]3C2=O)cc1. The average Bonchev–Trinajstić information content (AvgIpc) is 3.64. The van der Waals surface area contributed by atoms with Crippen LogP contribution in [0, 0.1) is 42.4 Å². The summed E-state index contributed by atoms with van der Waals surface area (Å²) >= 11 is 12.4. The van der Waals surface area contributed by atoms with Crippen molar-refractivity contribution in [3.8, 4) is 0 Å². The van der Waals surface area contributed by atoms with Crippen LogP contribution in [0.15, 0.2) is 54.6 Å². The van der Waals surface area contributed by atoms with Gasteiger partial charge in [0.2, 0.25) is 0 Å². The fourth-order valence-electron chi connectivity index (χ4n) is 6.45. The van der Waals surface area contributed by atoms with Gasteiger partial charge in [-0.25, -0.2) is 5.01 Å². The molecule has 5 aliphatic rings. The van der Waals surface area contributed by atoms with Gasteiger partial charge in [-0.05, 0) is 62.1 Å². The van der Waals surface area contributed by atoms with Crippen molar-refractivity contribution in [3.63, 3.8) is 0 Å². The number of hydrogen-bond donors (Lipinski definition) is 0. The molecule has 7 atom stereocenters. The molecule has 2 bridgehead atoms. The maximum atomic E-state index is 13.9. The molecule has 0 radical (unpaired) electrons. The summed E-state index contributed by atoms with van der Waals surface area (Å²) in [5.74, 6) is -2.12. The Morgan fingerprint density at radius 3 is 2.08 bits per heavy atom. The molecule has 1 saturated heterocycles. The van der Waals surface area contributed by atoms with Crippen LogP contribution >= 0.6 is 23.2 Å². The van der Waals surface area contributed by atoms with Gasteiger partial charge in [0, 0.05) is 10.6 Å². The Morgan fingerprint density at radius 1 is 0.944 bits per heavy atom. The van der Waals surface area contributed by atoms with Crippen molar-refractivity contribution in [1.29, 1.82) is 0 Å². The topological polar surface area (TPSA) is 74.8 Å². The maximum Gasteiger partial charge on any atom is 0.275 e. The summed E-state index contributed by atoms with van der Waals surface area (Å²) in [5.41, 5.74) is 1.42. The van der Waals surface area contributed by atoms with Gasteiger partial charge in [0.1, 0.15) is 6.04 Å². The maximum absolute atomic E-state index is 13.9. The van der Waals surface area contributed by atoms with E-state index in [-0.39, 0.29) is 28.2 Å². The van der Waals surface area contributed by atoms with Crippen LogP contribution in [-0.4, -0.2) is 39.6 Å². The highest BCUT2D eigenvalue weighted by Gasteiger charge is 2.68. The molecule has 7 rings (SSSR count). The lowest BCUT2D eigenvalue weighted by Crippen LogP contribution is -2.56. The number of Topliss-reactive ketones (excluding diaryl/α,β-unsaturated/α-hetero) is 1. The van der Waals surface area contributed by atoms with Crippen LogP contribution in [0.1, 0.15) is 39.6 Å². The summed E-state index contributed by atoms with van der Waals surface area (Å²) < 4.78 is 0. The van der Waals surface area contributed by atoms with E-state index in [1.807, 2.05) is 6.92 Å². The molecule has 1 heterocycles. The van der Waals surface area contributed by atoms with E-state index in [1.54, 1.807) is 24.3 Å². The van der Waals surface area contributed by atoms with Crippen LogP contribution in [0.3, 0.4) is 0 Å². The van der Waals surface area contributed by atoms with Crippen molar-refractivity contribution in [1.82, 2.24) is 10.0 Å². The quantitative estimate of drug-likeness (QED) is 0.315. The number of aryl methyl sites for hydroxylation is 1. The van der Waals surface area contributed by atoms with E-state index < -0.39 is 35.6 Å². The number of carbonyl (C=O) groups is 4. The van der Waals surface area contributed by atoms with Crippen LogP contribution in [0.2, 0.25) is 10.0 Å². The number of nitrogens with zero attached hydrogens (tertiary/aromatic N) is 2. The molecule has 3 fully saturated rings. The van der Waals surface area contributed by atoms with Crippen molar-refractivity contribution in [3.05, 3.63) is 81.4 Å². The van der Waals surface area contributed by atoms with E-state index in [1.165, 1.54) is 25.1 Å². The lowest BCUT2D eigenvalue weighted by atomic mass is 9.63. The predicted molar refractivity (Wildman–Crippen MR) is 134 cm³/mol. The third-order valence-electron chi connectivity index (χ3n) is 8.31. The van der Waals surface area contributed by atoms with Gasteiger partial charge in [-0.15, -0.1) is 0 Å². The minimum absolute atomic E-state index is 0.00868. The van der Waals surface area contributed by atoms with Crippen molar-refractivity contribution >= 4 is 46.7 Å². The van der Waals surface area contributed by atoms with Crippen LogP contribution in [0.5, 0.6) is 0 Å². The molecule has 2 aromatic carbocycles. The zero-order chi connectivity index (χ0) is 25.5. The molecule has 0 spiro atoms. The summed E-state index contributed by atoms with van der Waals surface area (Å²) in [6.45, 7) is 3.45. The van der Waals surface area contributed by atoms with Gasteiger partial charge < -0.3 is 0 Å². The highest BCUT2D eigenvalue weighted by molar-refractivity contribution is 6.36. The van der Waals surface area contributed by atoms with Crippen LogP contribution in [0.4, 0.5) is 0 Å². The first-order valence-corrected chi connectivity index (χ1v) is 12.9. The summed E-state index contributed by atoms with van der Waals surface area (Å²) in [6.07, 6.45) is 5.16. The number of amides is 3. The Bertz CT molecular complexity index is 1320. The largest absolute Gasteiger partial charge is 0.292 e. The van der Waals surface area contributed by atoms with E-state index in [0.717, 1.165) is 22.0 Å². The Hall–Kier alpha value is -2.96. The average molecular weight is 523 g/mol. The highest BCUT2D eigenvalue weighted by Crippen LogP contribution is 2.65. The third kappa shape index (κ3) is 3.38. The lowest BCUT2D eigenvalue weighted by molar-refractivity contribution is -0.156. The molecule has 8 heteroatoms. The minimum atomic E-state index is -1.12. The van der Waals surface area contributed by atoms with Crippen molar-refractivity contribution in [2.45, 2.75) is 26.3 Å². The molecule has 4 aliphatic carbocycles. The number of ketones is 1. The summed E-state index contributed by atoms with van der Waals surface area (Å²) in [6, 6.07) is 10.2. The van der Waals surface area contributed by atoms with E-state index >= 15 is 0 Å². The standard InChI is InChI=1S/C28H24Cl2N2O4/c1-13-3-5-15(6-4-13)25(33)14(2)31(26(34)19-8-7-16(29)11-22(19)30)32-27(35)23-17-9-10-18(21-12-20(17)21)24(23)28(32)36/h3-11,14,17-18,20-21,23-24H,12H2,1-2H3/t14-,17-,18-,20-,21-,23+,24+/m0/s1. The van der Waals surface area contributed by atoms with E-state index in [0.29, 0.717) is 22.4 Å². The van der Waals surface area contributed by atoms with Crippen molar-refractivity contribution < 1.29 is 19.2 Å². The molecule has 36 heavy (non-hydrogen) atoms. The molecule has 1 aliphatic heterocycles. The first-order valence-electron chi connectivity index (χ1n) is 12.1. The normalized spacial score (nSPS) is 30.2. The fourth-order valence-corrected chi connectivity index (χ4v) is 6.94. The van der Waals surface area contributed by atoms with Gasteiger partial charge in [-0.3, -0.25) is 19.2 Å². The van der Waals surface area contributed by atoms with Gasteiger partial charge in [0.25, 0.3) is 17.7 Å². The molecule has 2 saturated carbocycles. The zero-order valence-electron chi connectivity index (χ0n) is 19.7. The molecular weight excluding hydrogens is 499 g/mol. The number of halogens is 2. The first-order chi connectivity index (χ1) is 17.2. The number of hydrazine groups is 1. The third-order valence-corrected chi connectivity index (χ3v) is 8.85. The first kappa shape index (κ1) is 23.4. The number of allylic oxidation sites excluding steroid dienone is 2. The lowest BCUT2D eigenvalue weighted by Gasteiger charge is -2.37. The van der Waals surface area contributed by atoms with Gasteiger partial charge in [0.15, 0.2) is 5.78 Å². The summed E-state index contributed by atoms with van der Waals surface area (Å²) in [5, 5.41) is 2.38. The van der Waals surface area contributed by atoms with Crippen LogP contribution in [0.25, 0.3) is 0 Å². The second kappa shape index (κ2) is 8.29. The summed E-state index contributed by atoms with van der Waals surface area (Å²) in [4.78, 5) is 55.2. The summed E-state index contributed by atoms with van der Waals surface area (Å²) in [7, 11) is 0. The molecule has 0 unspecified atom stereocenters. The van der Waals surface area contributed by atoms with Crippen LogP contribution in [-0.2, 0) is 9.59 Å². The second-order valence-electron chi connectivity index (χ2n) is 10.3. The van der Waals surface area contributed by atoms with E-state index in [9.17, 15) is 19.2 Å². The van der Waals surface area contributed by atoms with Gasteiger partial charge in [0.05, 0.1) is 22.4 Å². The zero-order valence-corrected chi connectivity index (χ0v) is 21.2. The molecule has 3 amide bonds. The molecule has 0 N–H and O–H groups in total. The highest BCUT2D eigenvalue weighted by atomic mass is 35.5. The van der Waals surface area contributed by atoms with Crippen molar-refractivity contribution in [2.75, 3.05) is 0 Å². The Balaban J connectivity index is 1.42. The van der Waals surface area contributed by atoms with Gasteiger partial charge in [-0.1, -0.05) is 65.2 Å². The minimum Gasteiger partial charge on any atom is -0.292 e. The van der Waals surface area contributed by atoms with Gasteiger partial charge in [-0.2, -0.15) is 5.01 Å². The molecule has 184 valence electrons. The molecular formula is C28H24Cl2N2O4. The predicted octanol–water partition coefficient (Wildman–Crippen LogP) is 4.98. The number of hydrogen-bond acceptors (Lipinski definition) is 4. The monoisotopic (exact) mass is 522 g/mol. The molecule has 0 aromatic heterocycles. The molecule has 2 aromatic rings. The van der Waals surface area contributed by atoms with E-state index in [2.05, 4.69) is 12.2 Å². The molecule has 6 nitrogen and oxygen atoms in total. The second-order valence-corrected chi connectivity index (χ2v) is 11.2. The van der Waals surface area contributed by atoms with Crippen molar-refractivity contribution in [2.24, 2.45) is 35.5 Å². The number of carbonyl (C=O) groups excluding carboxylic acids is 4. The Morgan fingerprint density at radius 2 is 1.53 bits per heavy atom. The fraction of sp³-hybridized carbons (Fsp3) is 0.357. The van der Waals surface area contributed by atoms with Crippen LogP contribution < -0.4 is 0 Å². The van der Waals surface area contributed by atoms with E-state index in [4.69, 9.17) is 23.2 Å². The van der Waals surface area contributed by atoms with Gasteiger partial charge >= 0.3 is 0 Å². The Kier molecular flexibility index (Phi) is 5.39. The number of imide groups is 1. The Labute approximate surface area is 218 Å². The number of benzene rings is 2. The smallest absolute Gasteiger partial charge is 0.275 e.